The van der Waals surface area contributed by atoms with Gasteiger partial charge in [0.2, 0.25) is 0 Å². The van der Waals surface area contributed by atoms with Crippen LogP contribution in [0.4, 0.5) is 0 Å². The molecule has 0 aliphatic heterocycles. The summed E-state index contributed by atoms with van der Waals surface area (Å²) in [5, 5.41) is 5.39. The van der Waals surface area contributed by atoms with Crippen molar-refractivity contribution in [2.45, 2.75) is 45.7 Å². The molecule has 4 heteroatoms. The summed E-state index contributed by atoms with van der Waals surface area (Å²) in [5.74, 6) is -0.141. The number of esters is 1. The van der Waals surface area contributed by atoms with E-state index in [0.29, 0.717) is 6.61 Å². The van der Waals surface area contributed by atoms with Crippen LogP contribution >= 0.6 is 11.3 Å². The molecule has 1 heterocycles. The van der Waals surface area contributed by atoms with Crippen LogP contribution in [-0.2, 0) is 9.53 Å². The number of hydrogen-bond donors (Lipinski definition) is 1. The minimum Gasteiger partial charge on any atom is -0.465 e. The fraction of sp³-hybridized carbons (Fsp3) is 0.615. The Morgan fingerprint density at radius 2 is 2.29 bits per heavy atom. The van der Waals surface area contributed by atoms with E-state index in [1.165, 1.54) is 4.88 Å². The monoisotopic (exact) mass is 255 g/mol. The van der Waals surface area contributed by atoms with Crippen molar-refractivity contribution in [1.82, 2.24) is 5.32 Å². The molecule has 3 nitrogen and oxygen atoms in total. The van der Waals surface area contributed by atoms with E-state index in [1.54, 1.807) is 11.3 Å². The van der Waals surface area contributed by atoms with Crippen LogP contribution in [0.15, 0.2) is 17.5 Å². The van der Waals surface area contributed by atoms with Crippen molar-refractivity contribution in [3.05, 3.63) is 22.4 Å². The summed E-state index contributed by atoms with van der Waals surface area (Å²) in [6.07, 6.45) is 1.78. The highest BCUT2D eigenvalue weighted by Gasteiger charge is 2.21. The first-order valence-corrected chi connectivity index (χ1v) is 7.03. The van der Waals surface area contributed by atoms with Crippen LogP contribution in [0.3, 0.4) is 0 Å². The van der Waals surface area contributed by atoms with E-state index in [0.717, 1.165) is 12.8 Å². The van der Waals surface area contributed by atoms with E-state index in [2.05, 4.69) is 25.2 Å². The van der Waals surface area contributed by atoms with Gasteiger partial charge in [-0.1, -0.05) is 19.4 Å². The fourth-order valence-electron chi connectivity index (χ4n) is 1.72. The molecule has 17 heavy (non-hydrogen) atoms. The number of thiophene rings is 1. The van der Waals surface area contributed by atoms with Crippen LogP contribution in [0.1, 0.15) is 44.5 Å². The van der Waals surface area contributed by atoms with E-state index >= 15 is 0 Å². The third kappa shape index (κ3) is 4.48. The van der Waals surface area contributed by atoms with E-state index in [9.17, 15) is 4.79 Å². The van der Waals surface area contributed by atoms with Gasteiger partial charge in [0.25, 0.3) is 0 Å². The Morgan fingerprint density at radius 1 is 1.53 bits per heavy atom. The lowest BCUT2D eigenvalue weighted by molar-refractivity contribution is -0.146. The van der Waals surface area contributed by atoms with Gasteiger partial charge in [0.1, 0.15) is 6.04 Å². The first-order chi connectivity index (χ1) is 8.19. The molecule has 0 bridgehead atoms. The van der Waals surface area contributed by atoms with Crippen LogP contribution in [0.5, 0.6) is 0 Å². The Kier molecular flexibility index (Phi) is 6.22. The lowest BCUT2D eigenvalue weighted by atomic mass is 10.1. The topological polar surface area (TPSA) is 38.3 Å². The maximum absolute atomic E-state index is 11.8. The quantitative estimate of drug-likeness (QED) is 0.761. The second kappa shape index (κ2) is 7.45. The van der Waals surface area contributed by atoms with Gasteiger partial charge >= 0.3 is 5.97 Å². The van der Waals surface area contributed by atoms with Gasteiger partial charge in [0.05, 0.1) is 6.61 Å². The molecule has 0 radical (unpaired) electrons. The van der Waals surface area contributed by atoms with Crippen LogP contribution in [0.25, 0.3) is 0 Å². The molecular weight excluding hydrogens is 234 g/mol. The highest BCUT2D eigenvalue weighted by molar-refractivity contribution is 7.10. The zero-order valence-corrected chi connectivity index (χ0v) is 11.5. The molecule has 1 unspecified atom stereocenters. The third-order valence-corrected chi connectivity index (χ3v) is 3.62. The molecule has 0 fully saturated rings. The van der Waals surface area contributed by atoms with Crippen molar-refractivity contribution in [3.8, 4) is 0 Å². The van der Waals surface area contributed by atoms with Gasteiger partial charge in [-0.05, 0) is 31.7 Å². The minimum atomic E-state index is -0.197. The molecule has 1 N–H and O–H groups in total. The number of carbonyl (C=O) groups is 1. The lowest BCUT2D eigenvalue weighted by Gasteiger charge is -2.20. The first kappa shape index (κ1) is 14.2. The van der Waals surface area contributed by atoms with E-state index in [-0.39, 0.29) is 18.1 Å². The normalized spacial score (nSPS) is 14.3. The second-order valence-electron chi connectivity index (χ2n) is 4.00. The van der Waals surface area contributed by atoms with Gasteiger partial charge in [-0.2, -0.15) is 0 Å². The molecule has 0 spiro atoms. The minimum absolute atomic E-state index is 0.141. The number of carbonyl (C=O) groups excluding carboxylic acids is 1. The van der Waals surface area contributed by atoms with Crippen molar-refractivity contribution in [1.29, 1.82) is 0 Å². The molecular formula is C13H21NO2S. The second-order valence-corrected chi connectivity index (χ2v) is 4.98. The van der Waals surface area contributed by atoms with Gasteiger partial charge in [0, 0.05) is 10.9 Å². The fourth-order valence-corrected chi connectivity index (χ4v) is 2.47. The zero-order chi connectivity index (χ0) is 12.7. The molecule has 0 amide bonds. The van der Waals surface area contributed by atoms with E-state index in [1.807, 2.05) is 18.4 Å². The molecule has 0 aliphatic carbocycles. The standard InChI is InChI=1S/C13H21NO2S/c1-4-7-11(13(15)16-5-2)14-10(3)12-8-6-9-17-12/h6,8-11,14H,4-5,7H2,1-3H3/t10-,11?/m1/s1. The average Bonchev–Trinajstić information content (AvgIpc) is 2.82. The first-order valence-electron chi connectivity index (χ1n) is 6.15. The Hall–Kier alpha value is -0.870. The van der Waals surface area contributed by atoms with Crippen molar-refractivity contribution in [2.24, 2.45) is 0 Å². The smallest absolute Gasteiger partial charge is 0.323 e. The SMILES string of the molecule is CCCC(N[C@H](C)c1cccs1)C(=O)OCC. The molecule has 0 aromatic carbocycles. The van der Waals surface area contributed by atoms with Gasteiger partial charge in [-0.3, -0.25) is 10.1 Å². The number of nitrogens with one attached hydrogen (secondary N) is 1. The zero-order valence-electron chi connectivity index (χ0n) is 10.7. The molecule has 0 saturated carbocycles. The van der Waals surface area contributed by atoms with Crippen LogP contribution in [0.2, 0.25) is 0 Å². The molecule has 1 aromatic rings. The summed E-state index contributed by atoms with van der Waals surface area (Å²) in [4.78, 5) is 13.0. The molecule has 0 aliphatic rings. The maximum Gasteiger partial charge on any atom is 0.323 e. The Bertz CT molecular complexity index is 324. The summed E-state index contributed by atoms with van der Waals surface area (Å²) < 4.78 is 5.08. The van der Waals surface area contributed by atoms with Crippen molar-refractivity contribution < 1.29 is 9.53 Å². The molecule has 2 atom stereocenters. The average molecular weight is 255 g/mol. The largest absolute Gasteiger partial charge is 0.465 e. The van der Waals surface area contributed by atoms with Gasteiger partial charge in [-0.15, -0.1) is 11.3 Å². The number of rotatable bonds is 7. The molecule has 1 rings (SSSR count). The van der Waals surface area contributed by atoms with E-state index < -0.39 is 0 Å². The summed E-state index contributed by atoms with van der Waals surface area (Å²) in [6, 6.07) is 4.10. The summed E-state index contributed by atoms with van der Waals surface area (Å²) in [5.41, 5.74) is 0. The predicted octanol–water partition coefficient (Wildman–Crippen LogP) is 3.13. The Balaban J connectivity index is 2.56. The van der Waals surface area contributed by atoms with Crippen molar-refractivity contribution in [2.75, 3.05) is 6.61 Å². The molecule has 0 saturated heterocycles. The van der Waals surface area contributed by atoms with Crippen LogP contribution < -0.4 is 5.32 Å². The van der Waals surface area contributed by atoms with Gasteiger partial charge < -0.3 is 4.74 Å². The van der Waals surface area contributed by atoms with Gasteiger partial charge in [-0.25, -0.2) is 0 Å². The summed E-state index contributed by atoms with van der Waals surface area (Å²) in [6.45, 7) is 6.43. The number of ether oxygens (including phenoxy) is 1. The van der Waals surface area contributed by atoms with Gasteiger partial charge in [0.15, 0.2) is 0 Å². The van der Waals surface area contributed by atoms with Crippen molar-refractivity contribution in [3.63, 3.8) is 0 Å². The summed E-state index contributed by atoms with van der Waals surface area (Å²) >= 11 is 1.70. The van der Waals surface area contributed by atoms with Crippen LogP contribution in [-0.4, -0.2) is 18.6 Å². The predicted molar refractivity (Wildman–Crippen MR) is 71.2 cm³/mol. The molecule has 1 aromatic heterocycles. The Morgan fingerprint density at radius 3 is 2.82 bits per heavy atom. The van der Waals surface area contributed by atoms with Crippen LogP contribution in [0, 0.1) is 0 Å². The molecule has 96 valence electrons. The van der Waals surface area contributed by atoms with Crippen molar-refractivity contribution >= 4 is 17.3 Å². The van der Waals surface area contributed by atoms with E-state index in [4.69, 9.17) is 4.74 Å². The maximum atomic E-state index is 11.8. The summed E-state index contributed by atoms with van der Waals surface area (Å²) in [7, 11) is 0. The highest BCUT2D eigenvalue weighted by Crippen LogP contribution is 2.19. The third-order valence-electron chi connectivity index (χ3n) is 2.57. The lowest BCUT2D eigenvalue weighted by Crippen LogP contribution is -2.39. The Labute approximate surface area is 107 Å². The highest BCUT2D eigenvalue weighted by atomic mass is 32.1. The number of hydrogen-bond acceptors (Lipinski definition) is 4.